The van der Waals surface area contributed by atoms with Crippen LogP contribution in [0.1, 0.15) is 25.6 Å². The number of rotatable bonds is 6. The Morgan fingerprint density at radius 3 is 2.76 bits per heavy atom. The standard InChI is InChI=1S/C13H21NO2S/c1-5-16-13(15)11(3)14(4)10(2)9-12-7-6-8-17-12/h6-8,10-11H,5,9H2,1-4H3. The monoisotopic (exact) mass is 255 g/mol. The molecular weight excluding hydrogens is 234 g/mol. The number of esters is 1. The summed E-state index contributed by atoms with van der Waals surface area (Å²) in [5.41, 5.74) is 0. The Morgan fingerprint density at radius 1 is 1.53 bits per heavy atom. The van der Waals surface area contributed by atoms with Gasteiger partial charge in [-0.2, -0.15) is 0 Å². The third kappa shape index (κ3) is 4.13. The number of nitrogens with zero attached hydrogens (tertiary/aromatic N) is 1. The first-order valence-electron chi connectivity index (χ1n) is 5.97. The molecule has 1 aromatic heterocycles. The normalized spacial score (nSPS) is 14.6. The highest BCUT2D eigenvalue weighted by Gasteiger charge is 2.23. The van der Waals surface area contributed by atoms with Gasteiger partial charge in [-0.3, -0.25) is 9.69 Å². The molecule has 1 aromatic rings. The molecule has 2 atom stereocenters. The van der Waals surface area contributed by atoms with Gasteiger partial charge in [0.1, 0.15) is 6.04 Å². The summed E-state index contributed by atoms with van der Waals surface area (Å²) >= 11 is 1.76. The predicted molar refractivity (Wildman–Crippen MR) is 71.3 cm³/mol. The maximum atomic E-state index is 11.6. The van der Waals surface area contributed by atoms with E-state index in [0.29, 0.717) is 12.6 Å². The average molecular weight is 255 g/mol. The minimum Gasteiger partial charge on any atom is -0.465 e. The summed E-state index contributed by atoms with van der Waals surface area (Å²) in [5, 5.41) is 2.08. The number of carbonyl (C=O) groups is 1. The van der Waals surface area contributed by atoms with Gasteiger partial charge in [-0.05, 0) is 45.7 Å². The second kappa shape index (κ2) is 6.77. The minimum atomic E-state index is -0.190. The lowest BCUT2D eigenvalue weighted by Gasteiger charge is -2.29. The number of likely N-dealkylation sites (N-methyl/N-ethyl adjacent to an activating group) is 1. The van der Waals surface area contributed by atoms with Gasteiger partial charge in [0.2, 0.25) is 0 Å². The zero-order chi connectivity index (χ0) is 12.8. The molecule has 0 aliphatic heterocycles. The van der Waals surface area contributed by atoms with Gasteiger partial charge in [0.25, 0.3) is 0 Å². The van der Waals surface area contributed by atoms with Crippen LogP contribution in [0.25, 0.3) is 0 Å². The molecule has 0 spiro atoms. The molecule has 0 aliphatic rings. The summed E-state index contributed by atoms with van der Waals surface area (Å²) in [6, 6.07) is 4.32. The van der Waals surface area contributed by atoms with Gasteiger partial charge in [-0.1, -0.05) is 6.07 Å². The molecule has 1 heterocycles. The zero-order valence-electron chi connectivity index (χ0n) is 11.0. The SMILES string of the molecule is CCOC(=O)C(C)N(C)C(C)Cc1cccs1. The molecule has 0 amide bonds. The Hall–Kier alpha value is -0.870. The first-order valence-corrected chi connectivity index (χ1v) is 6.85. The first kappa shape index (κ1) is 14.2. The van der Waals surface area contributed by atoms with Crippen molar-refractivity contribution >= 4 is 17.3 Å². The molecule has 0 bridgehead atoms. The molecule has 0 aromatic carbocycles. The Bertz CT molecular complexity index is 337. The molecule has 0 aliphatic carbocycles. The second-order valence-corrected chi connectivity index (χ2v) is 5.26. The van der Waals surface area contributed by atoms with Crippen molar-refractivity contribution in [3.63, 3.8) is 0 Å². The Kier molecular flexibility index (Phi) is 5.65. The molecule has 0 saturated carbocycles. The zero-order valence-corrected chi connectivity index (χ0v) is 11.8. The maximum absolute atomic E-state index is 11.6. The van der Waals surface area contributed by atoms with Crippen molar-refractivity contribution in [2.75, 3.05) is 13.7 Å². The van der Waals surface area contributed by atoms with Crippen molar-refractivity contribution in [1.82, 2.24) is 4.90 Å². The maximum Gasteiger partial charge on any atom is 0.323 e. The van der Waals surface area contributed by atoms with E-state index in [-0.39, 0.29) is 12.0 Å². The smallest absolute Gasteiger partial charge is 0.323 e. The van der Waals surface area contributed by atoms with Gasteiger partial charge in [-0.25, -0.2) is 0 Å². The number of carbonyl (C=O) groups excluding carboxylic acids is 1. The molecule has 0 saturated heterocycles. The highest BCUT2D eigenvalue weighted by molar-refractivity contribution is 7.09. The number of hydrogen-bond donors (Lipinski definition) is 0. The van der Waals surface area contributed by atoms with E-state index in [1.807, 2.05) is 20.9 Å². The van der Waals surface area contributed by atoms with Gasteiger partial charge in [-0.15, -0.1) is 11.3 Å². The lowest BCUT2D eigenvalue weighted by molar-refractivity contribution is -0.149. The van der Waals surface area contributed by atoms with Crippen molar-refractivity contribution in [2.24, 2.45) is 0 Å². The van der Waals surface area contributed by atoms with E-state index in [4.69, 9.17) is 4.74 Å². The predicted octanol–water partition coefficient (Wildman–Crippen LogP) is 2.56. The summed E-state index contributed by atoms with van der Waals surface area (Å²) in [5.74, 6) is -0.145. The van der Waals surface area contributed by atoms with Crippen LogP contribution in [0, 0.1) is 0 Å². The average Bonchev–Trinajstić information content (AvgIpc) is 2.80. The Labute approximate surface area is 107 Å². The van der Waals surface area contributed by atoms with E-state index in [1.165, 1.54) is 4.88 Å². The van der Waals surface area contributed by atoms with E-state index >= 15 is 0 Å². The van der Waals surface area contributed by atoms with E-state index in [1.54, 1.807) is 11.3 Å². The fourth-order valence-corrected chi connectivity index (χ4v) is 2.50. The van der Waals surface area contributed by atoms with E-state index in [0.717, 1.165) is 6.42 Å². The fraction of sp³-hybridized carbons (Fsp3) is 0.615. The van der Waals surface area contributed by atoms with Gasteiger partial charge >= 0.3 is 5.97 Å². The quantitative estimate of drug-likeness (QED) is 0.732. The van der Waals surface area contributed by atoms with Crippen LogP contribution in [0.5, 0.6) is 0 Å². The van der Waals surface area contributed by atoms with Crippen molar-refractivity contribution in [3.8, 4) is 0 Å². The van der Waals surface area contributed by atoms with Crippen LogP contribution in [0.4, 0.5) is 0 Å². The number of ether oxygens (including phenoxy) is 1. The third-order valence-electron chi connectivity index (χ3n) is 3.01. The van der Waals surface area contributed by atoms with Crippen LogP contribution in [0.3, 0.4) is 0 Å². The Morgan fingerprint density at radius 2 is 2.24 bits per heavy atom. The largest absolute Gasteiger partial charge is 0.465 e. The van der Waals surface area contributed by atoms with E-state index in [9.17, 15) is 4.79 Å². The van der Waals surface area contributed by atoms with Crippen LogP contribution in [0.2, 0.25) is 0 Å². The van der Waals surface area contributed by atoms with Crippen LogP contribution in [0.15, 0.2) is 17.5 Å². The lowest BCUT2D eigenvalue weighted by atomic mass is 10.1. The highest BCUT2D eigenvalue weighted by Crippen LogP contribution is 2.15. The molecule has 3 nitrogen and oxygen atoms in total. The van der Waals surface area contributed by atoms with Gasteiger partial charge in [0.15, 0.2) is 0 Å². The summed E-state index contributed by atoms with van der Waals surface area (Å²) in [7, 11) is 1.97. The topological polar surface area (TPSA) is 29.5 Å². The second-order valence-electron chi connectivity index (χ2n) is 4.23. The van der Waals surface area contributed by atoms with Crippen molar-refractivity contribution in [2.45, 2.75) is 39.3 Å². The number of thiophene rings is 1. The summed E-state index contributed by atoms with van der Waals surface area (Å²) in [6.45, 7) is 6.30. The summed E-state index contributed by atoms with van der Waals surface area (Å²) < 4.78 is 5.03. The fourth-order valence-electron chi connectivity index (χ4n) is 1.67. The molecule has 0 N–H and O–H groups in total. The van der Waals surface area contributed by atoms with Gasteiger partial charge in [0, 0.05) is 10.9 Å². The van der Waals surface area contributed by atoms with Crippen LogP contribution in [-0.2, 0) is 16.0 Å². The molecule has 0 radical (unpaired) electrons. The van der Waals surface area contributed by atoms with Crippen LogP contribution >= 0.6 is 11.3 Å². The summed E-state index contributed by atoms with van der Waals surface area (Å²) in [6.07, 6.45) is 0.970. The van der Waals surface area contributed by atoms with Crippen molar-refractivity contribution in [3.05, 3.63) is 22.4 Å². The highest BCUT2D eigenvalue weighted by atomic mass is 32.1. The van der Waals surface area contributed by atoms with Gasteiger partial charge < -0.3 is 4.74 Å². The molecular formula is C13H21NO2S. The lowest BCUT2D eigenvalue weighted by Crippen LogP contribution is -2.43. The molecule has 96 valence electrons. The number of hydrogen-bond acceptors (Lipinski definition) is 4. The van der Waals surface area contributed by atoms with Crippen LogP contribution < -0.4 is 0 Å². The molecule has 1 rings (SSSR count). The van der Waals surface area contributed by atoms with Crippen LogP contribution in [-0.4, -0.2) is 36.6 Å². The Balaban J connectivity index is 2.50. The van der Waals surface area contributed by atoms with Crippen molar-refractivity contribution < 1.29 is 9.53 Å². The molecule has 17 heavy (non-hydrogen) atoms. The summed E-state index contributed by atoms with van der Waals surface area (Å²) in [4.78, 5) is 15.0. The molecule has 2 unspecified atom stereocenters. The van der Waals surface area contributed by atoms with E-state index < -0.39 is 0 Å². The van der Waals surface area contributed by atoms with E-state index in [2.05, 4.69) is 29.3 Å². The van der Waals surface area contributed by atoms with Crippen molar-refractivity contribution in [1.29, 1.82) is 0 Å². The molecule has 0 fully saturated rings. The third-order valence-corrected chi connectivity index (χ3v) is 3.91. The van der Waals surface area contributed by atoms with Gasteiger partial charge in [0.05, 0.1) is 6.61 Å². The molecule has 4 heteroatoms. The minimum absolute atomic E-state index is 0.145. The first-order chi connectivity index (χ1) is 8.06.